The van der Waals surface area contributed by atoms with Crippen LogP contribution in [0.2, 0.25) is 0 Å². The van der Waals surface area contributed by atoms with Crippen LogP contribution in [0.5, 0.6) is 5.75 Å². The zero-order valence-electron chi connectivity index (χ0n) is 11.9. The molecule has 0 aliphatic rings. The molecule has 2 rings (SSSR count). The quantitative estimate of drug-likeness (QED) is 0.875. The lowest BCUT2D eigenvalue weighted by Gasteiger charge is -2.20. The van der Waals surface area contributed by atoms with Gasteiger partial charge in [0.1, 0.15) is 5.75 Å². The van der Waals surface area contributed by atoms with Gasteiger partial charge in [-0.2, -0.15) is 0 Å². The van der Waals surface area contributed by atoms with Crippen LogP contribution in [0.25, 0.3) is 0 Å². The van der Waals surface area contributed by atoms with E-state index < -0.39 is 0 Å². The molecule has 0 fully saturated rings. The van der Waals surface area contributed by atoms with E-state index in [0.717, 1.165) is 17.1 Å². The fraction of sp³-hybridized carbons (Fsp3) is 0.312. The van der Waals surface area contributed by atoms with Crippen molar-refractivity contribution in [3.8, 4) is 5.75 Å². The molecule has 2 aromatic rings. The molecule has 0 saturated carbocycles. The number of nitrogens with zero attached hydrogens (tertiary/aromatic N) is 1. The van der Waals surface area contributed by atoms with Crippen LogP contribution in [-0.2, 0) is 0 Å². The normalized spacial score (nSPS) is 12.2. The van der Waals surface area contributed by atoms with Gasteiger partial charge >= 0.3 is 0 Å². The largest absolute Gasteiger partial charge is 0.508 e. The molecule has 0 aliphatic heterocycles. The number of hydrogen-bond acceptors (Lipinski definition) is 3. The zero-order chi connectivity index (χ0) is 14.0. The molecule has 1 atom stereocenters. The molecule has 100 valence electrons. The fourth-order valence-electron chi connectivity index (χ4n) is 2.61. The van der Waals surface area contributed by atoms with Crippen LogP contribution in [-0.4, -0.2) is 10.1 Å². The van der Waals surface area contributed by atoms with Crippen molar-refractivity contribution in [2.24, 2.45) is 0 Å². The van der Waals surface area contributed by atoms with Gasteiger partial charge in [0, 0.05) is 23.1 Å². The van der Waals surface area contributed by atoms with Crippen LogP contribution in [0.15, 0.2) is 30.3 Å². The van der Waals surface area contributed by atoms with Gasteiger partial charge in [-0.15, -0.1) is 0 Å². The van der Waals surface area contributed by atoms with E-state index in [1.807, 2.05) is 26.0 Å². The summed E-state index contributed by atoms with van der Waals surface area (Å²) in [6.07, 6.45) is 0. The van der Waals surface area contributed by atoms with Crippen molar-refractivity contribution in [2.45, 2.75) is 33.7 Å². The Bertz CT molecular complexity index is 570. The molecule has 0 spiro atoms. The fourth-order valence-corrected chi connectivity index (χ4v) is 2.61. The maximum atomic E-state index is 9.49. The van der Waals surface area contributed by atoms with Crippen molar-refractivity contribution >= 4 is 5.69 Å². The third kappa shape index (κ3) is 3.05. The second-order valence-electron chi connectivity index (χ2n) is 5.00. The van der Waals surface area contributed by atoms with Gasteiger partial charge in [0.15, 0.2) is 0 Å². The van der Waals surface area contributed by atoms with E-state index in [1.54, 1.807) is 12.1 Å². The molecule has 0 bridgehead atoms. The molecule has 0 radical (unpaired) electrons. The summed E-state index contributed by atoms with van der Waals surface area (Å²) in [5.41, 5.74) is 5.46. The molecule has 19 heavy (non-hydrogen) atoms. The van der Waals surface area contributed by atoms with Gasteiger partial charge in [-0.25, -0.2) is 0 Å². The lowest BCUT2D eigenvalue weighted by Crippen LogP contribution is -2.11. The van der Waals surface area contributed by atoms with Crippen LogP contribution in [0.1, 0.15) is 35.5 Å². The van der Waals surface area contributed by atoms with Gasteiger partial charge in [-0.1, -0.05) is 6.07 Å². The van der Waals surface area contributed by atoms with Gasteiger partial charge in [0.25, 0.3) is 0 Å². The summed E-state index contributed by atoms with van der Waals surface area (Å²) in [5.74, 6) is 0.271. The molecule has 2 N–H and O–H groups in total. The van der Waals surface area contributed by atoms with Crippen LogP contribution in [0, 0.1) is 20.8 Å². The first-order valence-electron chi connectivity index (χ1n) is 6.47. The minimum atomic E-state index is 0.148. The summed E-state index contributed by atoms with van der Waals surface area (Å²) in [6.45, 7) is 8.27. The average Bonchev–Trinajstić information content (AvgIpc) is 2.27. The van der Waals surface area contributed by atoms with E-state index >= 15 is 0 Å². The van der Waals surface area contributed by atoms with E-state index in [0.29, 0.717) is 0 Å². The maximum absolute atomic E-state index is 9.49. The van der Waals surface area contributed by atoms with Gasteiger partial charge < -0.3 is 10.4 Å². The van der Waals surface area contributed by atoms with Crippen molar-refractivity contribution in [1.29, 1.82) is 0 Å². The van der Waals surface area contributed by atoms with Crippen molar-refractivity contribution in [2.75, 3.05) is 5.32 Å². The molecule has 0 amide bonds. The van der Waals surface area contributed by atoms with Gasteiger partial charge in [0.2, 0.25) is 0 Å². The number of anilines is 1. The van der Waals surface area contributed by atoms with Crippen molar-refractivity contribution < 1.29 is 5.11 Å². The topological polar surface area (TPSA) is 45.1 Å². The first-order valence-corrected chi connectivity index (χ1v) is 6.47. The predicted octanol–water partition coefficient (Wildman–Crippen LogP) is 3.89. The Morgan fingerprint density at radius 2 is 1.89 bits per heavy atom. The van der Waals surface area contributed by atoms with Gasteiger partial charge in [0.05, 0.1) is 6.04 Å². The molecule has 3 nitrogen and oxygen atoms in total. The summed E-state index contributed by atoms with van der Waals surface area (Å²) < 4.78 is 0. The van der Waals surface area contributed by atoms with Crippen molar-refractivity contribution in [3.05, 3.63) is 52.8 Å². The minimum absolute atomic E-state index is 0.148. The second kappa shape index (κ2) is 5.31. The average molecular weight is 256 g/mol. The standard InChI is InChI=1S/C16H20N2O/c1-10-8-11(2)17-12(3)16(10)13(4)18-14-6-5-7-15(19)9-14/h5-9,13,18-19H,1-4H3. The highest BCUT2D eigenvalue weighted by Crippen LogP contribution is 2.26. The number of hydrogen-bond donors (Lipinski definition) is 2. The molecule has 1 heterocycles. The number of benzene rings is 1. The molecule has 1 unspecified atom stereocenters. The van der Waals surface area contributed by atoms with Crippen LogP contribution in [0.4, 0.5) is 5.69 Å². The van der Waals surface area contributed by atoms with E-state index in [2.05, 4.69) is 30.2 Å². The number of aromatic hydroxyl groups is 1. The Morgan fingerprint density at radius 1 is 1.16 bits per heavy atom. The van der Waals surface area contributed by atoms with E-state index in [-0.39, 0.29) is 11.8 Å². The summed E-state index contributed by atoms with van der Waals surface area (Å²) in [4.78, 5) is 4.53. The summed E-state index contributed by atoms with van der Waals surface area (Å²) in [6, 6.07) is 9.42. The van der Waals surface area contributed by atoms with E-state index in [9.17, 15) is 5.11 Å². The maximum Gasteiger partial charge on any atom is 0.117 e. The predicted molar refractivity (Wildman–Crippen MR) is 78.6 cm³/mol. The molecule has 1 aromatic carbocycles. The summed E-state index contributed by atoms with van der Waals surface area (Å²) in [5, 5.41) is 12.9. The lowest BCUT2D eigenvalue weighted by atomic mass is 10.00. The number of rotatable bonds is 3. The van der Waals surface area contributed by atoms with Crippen molar-refractivity contribution in [1.82, 2.24) is 4.98 Å². The number of phenolic OH excluding ortho intramolecular Hbond substituents is 1. The first kappa shape index (κ1) is 13.4. The van der Waals surface area contributed by atoms with E-state index in [4.69, 9.17) is 0 Å². The molecule has 0 aliphatic carbocycles. The van der Waals surface area contributed by atoms with Crippen LogP contribution in [0.3, 0.4) is 0 Å². The number of nitrogens with one attached hydrogen (secondary N) is 1. The van der Waals surface area contributed by atoms with E-state index in [1.165, 1.54) is 11.1 Å². The Labute approximate surface area is 114 Å². The Balaban J connectivity index is 2.28. The number of aromatic nitrogens is 1. The van der Waals surface area contributed by atoms with Crippen molar-refractivity contribution in [3.63, 3.8) is 0 Å². The molecule has 3 heteroatoms. The smallest absolute Gasteiger partial charge is 0.117 e. The number of pyridine rings is 1. The molecule has 0 saturated heterocycles. The minimum Gasteiger partial charge on any atom is -0.508 e. The molecule has 1 aromatic heterocycles. The highest BCUT2D eigenvalue weighted by atomic mass is 16.3. The first-order chi connectivity index (χ1) is 8.97. The summed E-state index contributed by atoms with van der Waals surface area (Å²) in [7, 11) is 0. The monoisotopic (exact) mass is 256 g/mol. The lowest BCUT2D eigenvalue weighted by molar-refractivity contribution is 0.475. The summed E-state index contributed by atoms with van der Waals surface area (Å²) >= 11 is 0. The number of phenols is 1. The van der Waals surface area contributed by atoms with Crippen LogP contribution >= 0.6 is 0 Å². The third-order valence-electron chi connectivity index (χ3n) is 3.25. The van der Waals surface area contributed by atoms with Gasteiger partial charge in [-0.05, 0) is 57.0 Å². The van der Waals surface area contributed by atoms with Crippen LogP contribution < -0.4 is 5.32 Å². The molecular weight excluding hydrogens is 236 g/mol. The number of aryl methyl sites for hydroxylation is 3. The Morgan fingerprint density at radius 3 is 2.53 bits per heavy atom. The Kier molecular flexibility index (Phi) is 3.74. The van der Waals surface area contributed by atoms with Gasteiger partial charge in [-0.3, -0.25) is 4.98 Å². The highest BCUT2D eigenvalue weighted by molar-refractivity contribution is 5.50. The zero-order valence-corrected chi connectivity index (χ0v) is 11.9. The molecular formula is C16H20N2O. The Hall–Kier alpha value is -2.03. The second-order valence-corrected chi connectivity index (χ2v) is 5.00. The SMILES string of the molecule is Cc1cc(C)c(C(C)Nc2cccc(O)c2)c(C)n1. The highest BCUT2D eigenvalue weighted by Gasteiger charge is 2.13. The third-order valence-corrected chi connectivity index (χ3v) is 3.25.